The van der Waals surface area contributed by atoms with Crippen LogP contribution in [0.2, 0.25) is 0 Å². The highest BCUT2D eigenvalue weighted by atomic mass is 16.1. The van der Waals surface area contributed by atoms with Crippen LogP contribution in [0.3, 0.4) is 0 Å². The van der Waals surface area contributed by atoms with E-state index in [0.717, 1.165) is 39.3 Å². The Labute approximate surface area is 106 Å². The van der Waals surface area contributed by atoms with Gasteiger partial charge in [0.15, 0.2) is 0 Å². The zero-order valence-corrected chi connectivity index (χ0v) is 11.9. The molecule has 0 rings (SSSR count). The molecule has 0 spiro atoms. The molecule has 0 saturated heterocycles. The number of hydrogen-bond donors (Lipinski definition) is 2. The van der Waals surface area contributed by atoms with Gasteiger partial charge in [0.25, 0.3) is 0 Å². The molecular weight excluding hydrogens is 214 g/mol. The molecule has 2 N–H and O–H groups in total. The SMILES string of the molecule is CCN(CC)CCNCCC(=O)NCC(C)C. The minimum atomic E-state index is 0.147. The summed E-state index contributed by atoms with van der Waals surface area (Å²) in [5.41, 5.74) is 0. The second-order valence-corrected chi connectivity index (χ2v) is 4.72. The minimum Gasteiger partial charge on any atom is -0.356 e. The van der Waals surface area contributed by atoms with Crippen LogP contribution in [-0.4, -0.2) is 50.1 Å². The fraction of sp³-hybridized carbons (Fsp3) is 0.923. The summed E-state index contributed by atoms with van der Waals surface area (Å²) >= 11 is 0. The van der Waals surface area contributed by atoms with E-state index in [1.54, 1.807) is 0 Å². The summed E-state index contributed by atoms with van der Waals surface area (Å²) in [5, 5.41) is 6.22. The number of carbonyl (C=O) groups excluding carboxylic acids is 1. The summed E-state index contributed by atoms with van der Waals surface area (Å²) in [5.74, 6) is 0.670. The molecule has 0 heterocycles. The highest BCUT2D eigenvalue weighted by Crippen LogP contribution is 1.88. The largest absolute Gasteiger partial charge is 0.356 e. The third-order valence-corrected chi connectivity index (χ3v) is 2.74. The summed E-state index contributed by atoms with van der Waals surface area (Å²) in [6.07, 6.45) is 0.574. The molecule has 0 aliphatic heterocycles. The smallest absolute Gasteiger partial charge is 0.221 e. The van der Waals surface area contributed by atoms with Crippen LogP contribution in [0.15, 0.2) is 0 Å². The molecule has 102 valence electrons. The molecule has 0 radical (unpaired) electrons. The molecule has 0 aromatic carbocycles. The van der Waals surface area contributed by atoms with Crippen molar-refractivity contribution >= 4 is 5.91 Å². The highest BCUT2D eigenvalue weighted by Gasteiger charge is 2.02. The van der Waals surface area contributed by atoms with Crippen LogP contribution in [0.25, 0.3) is 0 Å². The van der Waals surface area contributed by atoms with Gasteiger partial charge < -0.3 is 15.5 Å². The molecular formula is C13H29N3O. The number of nitrogens with zero attached hydrogens (tertiary/aromatic N) is 1. The van der Waals surface area contributed by atoms with Gasteiger partial charge in [-0.1, -0.05) is 27.7 Å². The van der Waals surface area contributed by atoms with E-state index in [1.165, 1.54) is 0 Å². The molecule has 0 aliphatic carbocycles. The molecule has 0 aromatic heterocycles. The highest BCUT2D eigenvalue weighted by molar-refractivity contribution is 5.76. The first-order chi connectivity index (χ1) is 8.10. The summed E-state index contributed by atoms with van der Waals surface area (Å²) in [7, 11) is 0. The lowest BCUT2D eigenvalue weighted by atomic mass is 10.2. The van der Waals surface area contributed by atoms with E-state index in [9.17, 15) is 4.79 Å². The topological polar surface area (TPSA) is 44.4 Å². The molecule has 0 aliphatic rings. The first-order valence-corrected chi connectivity index (χ1v) is 6.79. The Morgan fingerprint density at radius 2 is 1.82 bits per heavy atom. The summed E-state index contributed by atoms with van der Waals surface area (Å²) < 4.78 is 0. The number of carbonyl (C=O) groups is 1. The van der Waals surface area contributed by atoms with Crippen molar-refractivity contribution in [3.05, 3.63) is 0 Å². The zero-order valence-electron chi connectivity index (χ0n) is 11.9. The number of hydrogen-bond acceptors (Lipinski definition) is 3. The molecule has 0 bridgehead atoms. The zero-order chi connectivity index (χ0) is 13.1. The van der Waals surface area contributed by atoms with Gasteiger partial charge in [-0.2, -0.15) is 0 Å². The van der Waals surface area contributed by atoms with Crippen LogP contribution in [0.1, 0.15) is 34.1 Å². The van der Waals surface area contributed by atoms with Crippen molar-refractivity contribution in [3.63, 3.8) is 0 Å². The average Bonchev–Trinajstić information content (AvgIpc) is 2.31. The minimum absolute atomic E-state index is 0.147. The standard InChI is InChI=1S/C13H29N3O/c1-5-16(6-2)10-9-14-8-7-13(17)15-11-12(3)4/h12,14H,5-11H2,1-4H3,(H,15,17). The van der Waals surface area contributed by atoms with Crippen molar-refractivity contribution < 1.29 is 4.79 Å². The predicted molar refractivity (Wildman–Crippen MR) is 73.1 cm³/mol. The van der Waals surface area contributed by atoms with Gasteiger partial charge in [-0.05, 0) is 19.0 Å². The van der Waals surface area contributed by atoms with E-state index in [2.05, 4.69) is 43.2 Å². The molecule has 1 amide bonds. The quantitative estimate of drug-likeness (QED) is 0.564. The Balaban J connectivity index is 3.35. The first-order valence-electron chi connectivity index (χ1n) is 6.79. The lowest BCUT2D eigenvalue weighted by molar-refractivity contribution is -0.121. The van der Waals surface area contributed by atoms with Crippen molar-refractivity contribution in [2.24, 2.45) is 5.92 Å². The summed E-state index contributed by atoms with van der Waals surface area (Å²) in [6, 6.07) is 0. The van der Waals surface area contributed by atoms with E-state index in [-0.39, 0.29) is 5.91 Å². The number of likely N-dealkylation sites (N-methyl/N-ethyl adjacent to an activating group) is 1. The van der Waals surface area contributed by atoms with Crippen LogP contribution in [0.4, 0.5) is 0 Å². The number of nitrogens with one attached hydrogen (secondary N) is 2. The fourth-order valence-electron chi connectivity index (χ4n) is 1.51. The van der Waals surface area contributed by atoms with Crippen molar-refractivity contribution in [3.8, 4) is 0 Å². The van der Waals surface area contributed by atoms with Gasteiger partial charge in [0.2, 0.25) is 5.91 Å². The van der Waals surface area contributed by atoms with Gasteiger partial charge in [-0.15, -0.1) is 0 Å². The lowest BCUT2D eigenvalue weighted by Gasteiger charge is -2.17. The predicted octanol–water partition coefficient (Wildman–Crippen LogP) is 1.08. The maximum absolute atomic E-state index is 11.4. The molecule has 4 heteroatoms. The van der Waals surface area contributed by atoms with Gasteiger partial charge in [0.05, 0.1) is 0 Å². The molecule has 17 heavy (non-hydrogen) atoms. The monoisotopic (exact) mass is 243 g/mol. The Morgan fingerprint density at radius 1 is 1.18 bits per heavy atom. The van der Waals surface area contributed by atoms with Gasteiger partial charge in [-0.3, -0.25) is 4.79 Å². The van der Waals surface area contributed by atoms with Crippen LogP contribution < -0.4 is 10.6 Å². The average molecular weight is 243 g/mol. The van der Waals surface area contributed by atoms with E-state index >= 15 is 0 Å². The maximum Gasteiger partial charge on any atom is 0.221 e. The molecule has 4 nitrogen and oxygen atoms in total. The number of rotatable bonds is 10. The molecule has 0 aromatic rings. The Kier molecular flexibility index (Phi) is 10.2. The van der Waals surface area contributed by atoms with Crippen molar-refractivity contribution in [1.29, 1.82) is 0 Å². The second kappa shape index (κ2) is 10.5. The van der Waals surface area contributed by atoms with Crippen LogP contribution >= 0.6 is 0 Å². The molecule has 0 fully saturated rings. The van der Waals surface area contributed by atoms with E-state index < -0.39 is 0 Å². The van der Waals surface area contributed by atoms with Gasteiger partial charge in [0, 0.05) is 32.6 Å². The maximum atomic E-state index is 11.4. The third-order valence-electron chi connectivity index (χ3n) is 2.74. The van der Waals surface area contributed by atoms with Gasteiger partial charge in [-0.25, -0.2) is 0 Å². The van der Waals surface area contributed by atoms with Gasteiger partial charge >= 0.3 is 0 Å². The van der Waals surface area contributed by atoms with E-state index in [0.29, 0.717) is 12.3 Å². The summed E-state index contributed by atoms with van der Waals surface area (Å²) in [4.78, 5) is 13.8. The first kappa shape index (κ1) is 16.4. The second-order valence-electron chi connectivity index (χ2n) is 4.72. The van der Waals surface area contributed by atoms with Crippen molar-refractivity contribution in [2.45, 2.75) is 34.1 Å². The van der Waals surface area contributed by atoms with E-state index in [4.69, 9.17) is 0 Å². The summed E-state index contributed by atoms with van der Waals surface area (Å²) in [6.45, 7) is 14.3. The van der Waals surface area contributed by atoms with Crippen LogP contribution in [0.5, 0.6) is 0 Å². The Bertz CT molecular complexity index is 191. The van der Waals surface area contributed by atoms with Crippen molar-refractivity contribution in [1.82, 2.24) is 15.5 Å². The lowest BCUT2D eigenvalue weighted by Crippen LogP contribution is -2.34. The Hall–Kier alpha value is -0.610. The fourth-order valence-corrected chi connectivity index (χ4v) is 1.51. The van der Waals surface area contributed by atoms with Gasteiger partial charge in [0.1, 0.15) is 0 Å². The van der Waals surface area contributed by atoms with Crippen LogP contribution in [0, 0.1) is 5.92 Å². The van der Waals surface area contributed by atoms with E-state index in [1.807, 2.05) is 0 Å². The molecule has 0 atom stereocenters. The van der Waals surface area contributed by atoms with Crippen molar-refractivity contribution in [2.75, 3.05) is 39.3 Å². The normalized spacial score (nSPS) is 11.2. The van der Waals surface area contributed by atoms with Crippen LogP contribution in [-0.2, 0) is 4.79 Å². The third kappa shape index (κ3) is 10.3. The number of amides is 1. The molecule has 0 unspecified atom stereocenters. The Morgan fingerprint density at radius 3 is 2.35 bits per heavy atom. The molecule has 0 saturated carbocycles.